The maximum atomic E-state index is 7.00. The molecule has 1 radical (unpaired) electrons. The molecule has 2 nitrogen and oxygen atoms in total. The van der Waals surface area contributed by atoms with Crippen LogP contribution in [0.1, 0.15) is 29.4 Å². The zero-order chi connectivity index (χ0) is 8.55. The third-order valence-electron chi connectivity index (χ3n) is 2.56. The molecule has 1 fully saturated rings. The molecule has 0 aliphatic heterocycles. The predicted molar refractivity (Wildman–Crippen MR) is 46.7 cm³/mol. The van der Waals surface area contributed by atoms with Gasteiger partial charge >= 0.3 is 7.69 Å². The molecular formula is C9H10BO2. The lowest BCUT2D eigenvalue weighted by Gasteiger charge is -1.90. The Kier molecular flexibility index (Phi) is 1.91. The molecule has 2 atom stereocenters. The minimum absolute atomic E-state index is 0. The van der Waals surface area contributed by atoms with Crippen molar-refractivity contribution in [3.05, 3.63) is 35.4 Å². The van der Waals surface area contributed by atoms with E-state index in [-0.39, 0.29) is 7.69 Å². The molecule has 61 valence electrons. The first-order chi connectivity index (χ1) is 5.86. The van der Waals surface area contributed by atoms with Gasteiger partial charge in [0.15, 0.2) is 0 Å². The maximum absolute atomic E-state index is 7.00. The molecule has 1 aromatic rings. The number of rotatable bonds is 0. The summed E-state index contributed by atoms with van der Waals surface area (Å²) in [6.07, 6.45) is 1.43. The second-order valence-electron chi connectivity index (χ2n) is 3.23. The van der Waals surface area contributed by atoms with Crippen LogP contribution in [0.5, 0.6) is 0 Å². The molecule has 0 heterocycles. The minimum Gasteiger partial charge on any atom is -0.429 e. The van der Waals surface area contributed by atoms with Crippen molar-refractivity contribution >= 4 is 7.69 Å². The van der Waals surface area contributed by atoms with E-state index in [1.165, 1.54) is 6.42 Å². The zero-order valence-corrected chi connectivity index (χ0v) is 6.64. The van der Waals surface area contributed by atoms with Crippen LogP contribution in [0, 0.1) is 0 Å². The summed E-state index contributed by atoms with van der Waals surface area (Å²) in [5.41, 5.74) is 3.16. The quantitative estimate of drug-likeness (QED) is 0.552. The summed E-state index contributed by atoms with van der Waals surface area (Å²) in [5, 5.41) is 14.0. The van der Waals surface area contributed by atoms with Crippen molar-refractivity contribution in [2.45, 2.75) is 18.3 Å². The lowest BCUT2D eigenvalue weighted by atomic mass is 10.2. The lowest BCUT2D eigenvalue weighted by Crippen LogP contribution is -1.75. The van der Waals surface area contributed by atoms with Gasteiger partial charge < -0.3 is 10.0 Å². The van der Waals surface area contributed by atoms with E-state index in [9.17, 15) is 0 Å². The van der Waals surface area contributed by atoms with Gasteiger partial charge in [0.2, 0.25) is 0 Å². The maximum Gasteiger partial charge on any atom is 0.482 e. The molecule has 3 rings (SSSR count). The van der Waals surface area contributed by atoms with Crippen LogP contribution in [0.3, 0.4) is 0 Å². The van der Waals surface area contributed by atoms with Crippen LogP contribution in [0.2, 0.25) is 0 Å². The molecule has 2 aliphatic rings. The fourth-order valence-electron chi connectivity index (χ4n) is 1.95. The molecule has 2 aliphatic carbocycles. The molecule has 0 aromatic heterocycles. The molecule has 1 saturated carbocycles. The van der Waals surface area contributed by atoms with Gasteiger partial charge in [-0.3, -0.25) is 0 Å². The molecule has 0 amide bonds. The van der Waals surface area contributed by atoms with Crippen LogP contribution in [-0.2, 0) is 0 Å². The van der Waals surface area contributed by atoms with Gasteiger partial charge in [-0.05, 0) is 29.4 Å². The lowest BCUT2D eigenvalue weighted by molar-refractivity contribution is 0.448. The second kappa shape index (κ2) is 2.92. The zero-order valence-electron chi connectivity index (χ0n) is 6.64. The van der Waals surface area contributed by atoms with Gasteiger partial charge in [0, 0.05) is 0 Å². The van der Waals surface area contributed by atoms with Gasteiger partial charge in [-0.15, -0.1) is 0 Å². The number of benzene rings is 1. The summed E-state index contributed by atoms with van der Waals surface area (Å²) in [7, 11) is 0. The molecule has 2 N–H and O–H groups in total. The van der Waals surface area contributed by atoms with E-state index in [0.717, 1.165) is 11.8 Å². The van der Waals surface area contributed by atoms with Crippen LogP contribution in [-0.4, -0.2) is 17.7 Å². The third-order valence-corrected chi connectivity index (χ3v) is 2.56. The van der Waals surface area contributed by atoms with E-state index in [2.05, 4.69) is 24.3 Å². The molecule has 1 aromatic carbocycles. The van der Waals surface area contributed by atoms with E-state index >= 15 is 0 Å². The van der Waals surface area contributed by atoms with E-state index in [4.69, 9.17) is 10.0 Å². The van der Waals surface area contributed by atoms with Crippen molar-refractivity contribution in [1.29, 1.82) is 0 Å². The van der Waals surface area contributed by atoms with Crippen LogP contribution in [0.25, 0.3) is 0 Å². The molecule has 2 unspecified atom stereocenters. The highest BCUT2D eigenvalue weighted by molar-refractivity contribution is 6.13. The highest BCUT2D eigenvalue weighted by Crippen LogP contribution is 2.59. The monoisotopic (exact) mass is 161 g/mol. The van der Waals surface area contributed by atoms with Crippen molar-refractivity contribution in [1.82, 2.24) is 0 Å². The fraction of sp³-hybridized carbons (Fsp3) is 0.333. The summed E-state index contributed by atoms with van der Waals surface area (Å²) in [5.74, 6) is 1.88. The van der Waals surface area contributed by atoms with Crippen LogP contribution in [0.4, 0.5) is 0 Å². The Hall–Kier alpha value is -0.795. The number of hydrogen-bond donors (Lipinski definition) is 2. The average molecular weight is 161 g/mol. The SMILES string of the molecule is O[B]O.c1cc2cc(c1)C1CC21. The van der Waals surface area contributed by atoms with Gasteiger partial charge in [-0.25, -0.2) is 0 Å². The Morgan fingerprint density at radius 3 is 2.08 bits per heavy atom. The van der Waals surface area contributed by atoms with E-state index in [0.29, 0.717) is 0 Å². The van der Waals surface area contributed by atoms with Gasteiger partial charge in [-0.2, -0.15) is 0 Å². The molecule has 12 heavy (non-hydrogen) atoms. The normalized spacial score (nSPS) is 26.8. The van der Waals surface area contributed by atoms with Crippen LogP contribution < -0.4 is 0 Å². The highest BCUT2D eigenvalue weighted by atomic mass is 16.4. The fourth-order valence-corrected chi connectivity index (χ4v) is 1.95. The largest absolute Gasteiger partial charge is 0.482 e. The molecule has 0 saturated heterocycles. The first-order valence-electron chi connectivity index (χ1n) is 4.06. The van der Waals surface area contributed by atoms with Gasteiger partial charge in [0.25, 0.3) is 0 Å². The van der Waals surface area contributed by atoms with Crippen molar-refractivity contribution in [3.8, 4) is 0 Å². The predicted octanol–water partition coefficient (Wildman–Crippen LogP) is 0.776. The summed E-state index contributed by atoms with van der Waals surface area (Å²) in [6.45, 7) is 0. The van der Waals surface area contributed by atoms with E-state index in [1.807, 2.05) is 0 Å². The summed E-state index contributed by atoms with van der Waals surface area (Å²) in [6, 6.07) is 9.03. The molecule has 2 bridgehead atoms. The number of hydrogen-bond acceptors (Lipinski definition) is 2. The Bertz CT molecular complexity index is 264. The molecular weight excluding hydrogens is 151 g/mol. The van der Waals surface area contributed by atoms with Crippen molar-refractivity contribution in [3.63, 3.8) is 0 Å². The Morgan fingerprint density at radius 1 is 1.17 bits per heavy atom. The standard InChI is InChI=1S/C9H8.BH2O2/c1-2-6-4-7(3-1)9-5-8(6)9;2-1-3/h1-4,8-9H,5H2;2-3H. The van der Waals surface area contributed by atoms with Crippen LogP contribution in [0.15, 0.2) is 24.3 Å². The first-order valence-corrected chi connectivity index (χ1v) is 4.06. The summed E-state index contributed by atoms with van der Waals surface area (Å²) >= 11 is 0. The van der Waals surface area contributed by atoms with E-state index in [1.54, 1.807) is 11.1 Å². The van der Waals surface area contributed by atoms with Gasteiger partial charge in [-0.1, -0.05) is 24.3 Å². The third kappa shape index (κ3) is 1.15. The number of fused-ring (bicyclic) bond motifs is 5. The Labute approximate surface area is 72.2 Å². The van der Waals surface area contributed by atoms with Gasteiger partial charge in [0.1, 0.15) is 0 Å². The van der Waals surface area contributed by atoms with Crippen molar-refractivity contribution in [2.24, 2.45) is 0 Å². The summed E-state index contributed by atoms with van der Waals surface area (Å²) < 4.78 is 0. The van der Waals surface area contributed by atoms with Crippen molar-refractivity contribution < 1.29 is 10.0 Å². The highest BCUT2D eigenvalue weighted by Gasteiger charge is 2.43. The smallest absolute Gasteiger partial charge is 0.429 e. The van der Waals surface area contributed by atoms with Gasteiger partial charge in [0.05, 0.1) is 0 Å². The Morgan fingerprint density at radius 2 is 1.67 bits per heavy atom. The van der Waals surface area contributed by atoms with E-state index < -0.39 is 0 Å². The van der Waals surface area contributed by atoms with Crippen molar-refractivity contribution in [2.75, 3.05) is 0 Å². The molecule has 0 spiro atoms. The Balaban J connectivity index is 0.000000169. The summed E-state index contributed by atoms with van der Waals surface area (Å²) in [4.78, 5) is 0. The average Bonchev–Trinajstić information content (AvgIpc) is 2.80. The topological polar surface area (TPSA) is 40.5 Å². The van der Waals surface area contributed by atoms with Crippen LogP contribution >= 0.6 is 0 Å². The molecule has 3 heteroatoms. The minimum atomic E-state index is 0. The second-order valence-corrected chi connectivity index (χ2v) is 3.23. The first kappa shape index (κ1) is 7.83.